The van der Waals surface area contributed by atoms with E-state index >= 15 is 0 Å². The summed E-state index contributed by atoms with van der Waals surface area (Å²) >= 11 is 0. The van der Waals surface area contributed by atoms with Crippen LogP contribution in [0, 0.1) is 11.3 Å². The monoisotopic (exact) mass is 224 g/mol. The van der Waals surface area contributed by atoms with Gasteiger partial charge in [-0.15, -0.1) is 0 Å². The number of hydrogen-bond acceptors (Lipinski definition) is 3. The zero-order chi connectivity index (χ0) is 12.2. The smallest absolute Gasteiger partial charge is 0.255 e. The number of carbonyl (C=O) groups is 1. The average Bonchev–Trinajstić information content (AvgIpc) is 2.36. The number of carbonyl (C=O) groups excluding carboxylic acids is 1. The van der Waals surface area contributed by atoms with Crippen LogP contribution in [0.2, 0.25) is 0 Å². The topological polar surface area (TPSA) is 53.3 Å². The molecule has 0 saturated carbocycles. The number of nitrogens with zero attached hydrogens (tertiary/aromatic N) is 2. The van der Waals surface area contributed by atoms with Crippen molar-refractivity contribution in [3.05, 3.63) is 0 Å². The standard InChI is InChI=1S/C12H20N2O2/c1-4-12(2,16-3)11(15)14-8-6-5-7-10(14)9-13/h10H,4-8H2,1-3H3. The van der Waals surface area contributed by atoms with Crippen molar-refractivity contribution in [3.63, 3.8) is 0 Å². The minimum atomic E-state index is -0.785. The van der Waals surface area contributed by atoms with Gasteiger partial charge in [-0.1, -0.05) is 6.92 Å². The van der Waals surface area contributed by atoms with Crippen LogP contribution >= 0.6 is 0 Å². The van der Waals surface area contributed by atoms with Crippen molar-refractivity contribution < 1.29 is 9.53 Å². The predicted molar refractivity (Wildman–Crippen MR) is 60.7 cm³/mol. The second-order valence-corrected chi connectivity index (χ2v) is 4.43. The summed E-state index contributed by atoms with van der Waals surface area (Å²) in [4.78, 5) is 14.0. The van der Waals surface area contributed by atoms with Gasteiger partial charge in [-0.2, -0.15) is 5.26 Å². The summed E-state index contributed by atoms with van der Waals surface area (Å²) in [6.07, 6.45) is 3.41. The predicted octanol–water partition coefficient (Wildman–Crippen LogP) is 1.71. The summed E-state index contributed by atoms with van der Waals surface area (Å²) < 4.78 is 5.29. The van der Waals surface area contributed by atoms with Crippen LogP contribution in [0.1, 0.15) is 39.5 Å². The Hall–Kier alpha value is -1.08. The molecule has 1 heterocycles. The first kappa shape index (κ1) is 13.0. The highest BCUT2D eigenvalue weighted by molar-refractivity contribution is 5.85. The van der Waals surface area contributed by atoms with Gasteiger partial charge in [0.2, 0.25) is 0 Å². The molecule has 0 N–H and O–H groups in total. The second-order valence-electron chi connectivity index (χ2n) is 4.43. The van der Waals surface area contributed by atoms with Crippen molar-refractivity contribution in [3.8, 4) is 6.07 Å². The Labute approximate surface area is 97.2 Å². The van der Waals surface area contributed by atoms with E-state index in [0.717, 1.165) is 19.3 Å². The van der Waals surface area contributed by atoms with E-state index in [0.29, 0.717) is 13.0 Å². The van der Waals surface area contributed by atoms with Crippen molar-refractivity contribution >= 4 is 5.91 Å². The number of piperidine rings is 1. The Bertz CT molecular complexity index is 292. The van der Waals surface area contributed by atoms with Gasteiger partial charge in [0.05, 0.1) is 6.07 Å². The first-order chi connectivity index (χ1) is 7.59. The molecule has 4 heteroatoms. The van der Waals surface area contributed by atoms with Gasteiger partial charge in [-0.05, 0) is 32.6 Å². The third-order valence-electron chi connectivity index (χ3n) is 3.49. The Morgan fingerprint density at radius 1 is 1.62 bits per heavy atom. The first-order valence-electron chi connectivity index (χ1n) is 5.85. The molecule has 0 aromatic heterocycles. The fraction of sp³-hybridized carbons (Fsp3) is 0.833. The average molecular weight is 224 g/mol. The highest BCUT2D eigenvalue weighted by atomic mass is 16.5. The molecule has 0 bridgehead atoms. The molecule has 4 nitrogen and oxygen atoms in total. The fourth-order valence-corrected chi connectivity index (χ4v) is 2.00. The SMILES string of the molecule is CCC(C)(OC)C(=O)N1CCCCC1C#N. The van der Waals surface area contributed by atoms with Crippen LogP contribution in [0.4, 0.5) is 0 Å². The van der Waals surface area contributed by atoms with E-state index in [1.807, 2.05) is 6.92 Å². The van der Waals surface area contributed by atoms with Crippen LogP contribution in [0.25, 0.3) is 0 Å². The molecular formula is C12H20N2O2. The highest BCUT2D eigenvalue weighted by Crippen LogP contribution is 2.24. The molecule has 1 aliphatic rings. The van der Waals surface area contributed by atoms with E-state index < -0.39 is 5.60 Å². The Kier molecular flexibility index (Phi) is 4.31. The molecular weight excluding hydrogens is 204 g/mol. The lowest BCUT2D eigenvalue weighted by molar-refractivity contribution is -0.155. The summed E-state index contributed by atoms with van der Waals surface area (Å²) in [6.45, 7) is 4.39. The van der Waals surface area contributed by atoms with Crippen molar-refractivity contribution in [2.24, 2.45) is 0 Å². The van der Waals surface area contributed by atoms with Gasteiger partial charge in [0.15, 0.2) is 0 Å². The number of rotatable bonds is 3. The van der Waals surface area contributed by atoms with E-state index in [1.165, 1.54) is 0 Å². The lowest BCUT2D eigenvalue weighted by Gasteiger charge is -2.37. The summed E-state index contributed by atoms with van der Waals surface area (Å²) in [7, 11) is 1.55. The van der Waals surface area contributed by atoms with Gasteiger partial charge in [0.1, 0.15) is 11.6 Å². The maximum Gasteiger partial charge on any atom is 0.255 e. The molecule has 0 radical (unpaired) electrons. The number of methoxy groups -OCH3 is 1. The molecule has 0 spiro atoms. The molecule has 2 unspecified atom stereocenters. The fourth-order valence-electron chi connectivity index (χ4n) is 2.00. The summed E-state index contributed by atoms with van der Waals surface area (Å²) in [5.41, 5.74) is -0.785. The van der Waals surface area contributed by atoms with Gasteiger partial charge >= 0.3 is 0 Å². The van der Waals surface area contributed by atoms with Crippen molar-refractivity contribution in [2.45, 2.75) is 51.2 Å². The van der Waals surface area contributed by atoms with E-state index in [9.17, 15) is 4.79 Å². The third-order valence-corrected chi connectivity index (χ3v) is 3.49. The number of nitriles is 1. The molecule has 2 atom stereocenters. The lowest BCUT2D eigenvalue weighted by atomic mass is 9.96. The highest BCUT2D eigenvalue weighted by Gasteiger charge is 2.38. The van der Waals surface area contributed by atoms with Crippen LogP contribution in [0.3, 0.4) is 0 Å². The zero-order valence-electron chi connectivity index (χ0n) is 10.3. The molecule has 1 rings (SSSR count). The molecule has 1 saturated heterocycles. The normalized spacial score (nSPS) is 24.6. The van der Waals surface area contributed by atoms with Crippen LogP contribution < -0.4 is 0 Å². The second kappa shape index (κ2) is 5.31. The van der Waals surface area contributed by atoms with E-state index in [1.54, 1.807) is 18.9 Å². The molecule has 0 aromatic rings. The van der Waals surface area contributed by atoms with Gasteiger partial charge in [-0.25, -0.2) is 0 Å². The Morgan fingerprint density at radius 2 is 2.31 bits per heavy atom. The molecule has 16 heavy (non-hydrogen) atoms. The number of likely N-dealkylation sites (tertiary alicyclic amines) is 1. The summed E-state index contributed by atoms with van der Waals surface area (Å²) in [6, 6.07) is 1.93. The Morgan fingerprint density at radius 3 is 2.81 bits per heavy atom. The zero-order valence-corrected chi connectivity index (χ0v) is 10.3. The first-order valence-corrected chi connectivity index (χ1v) is 5.85. The van der Waals surface area contributed by atoms with Gasteiger partial charge in [0, 0.05) is 13.7 Å². The molecule has 1 amide bonds. The maximum atomic E-state index is 12.3. The van der Waals surface area contributed by atoms with Crippen LogP contribution in [0.5, 0.6) is 0 Å². The van der Waals surface area contributed by atoms with Crippen molar-refractivity contribution in [1.82, 2.24) is 4.90 Å². The van der Waals surface area contributed by atoms with Crippen LogP contribution in [-0.4, -0.2) is 36.1 Å². The minimum Gasteiger partial charge on any atom is -0.369 e. The van der Waals surface area contributed by atoms with Gasteiger partial charge in [0.25, 0.3) is 5.91 Å². The number of hydrogen-bond donors (Lipinski definition) is 0. The van der Waals surface area contributed by atoms with Crippen LogP contribution in [-0.2, 0) is 9.53 Å². The molecule has 90 valence electrons. The van der Waals surface area contributed by atoms with Crippen molar-refractivity contribution in [2.75, 3.05) is 13.7 Å². The van der Waals surface area contributed by atoms with E-state index in [-0.39, 0.29) is 11.9 Å². The number of amides is 1. The minimum absolute atomic E-state index is 0.0521. The lowest BCUT2D eigenvalue weighted by Crippen LogP contribution is -2.53. The molecule has 0 aliphatic carbocycles. The maximum absolute atomic E-state index is 12.3. The van der Waals surface area contributed by atoms with Gasteiger partial charge < -0.3 is 9.64 Å². The molecule has 0 aromatic carbocycles. The molecule has 1 fully saturated rings. The third kappa shape index (κ3) is 2.35. The summed E-state index contributed by atoms with van der Waals surface area (Å²) in [5, 5.41) is 9.04. The largest absolute Gasteiger partial charge is 0.369 e. The van der Waals surface area contributed by atoms with Gasteiger partial charge in [-0.3, -0.25) is 4.79 Å². The van der Waals surface area contributed by atoms with Crippen molar-refractivity contribution in [1.29, 1.82) is 5.26 Å². The number of ether oxygens (including phenoxy) is 1. The Balaban J connectivity index is 2.82. The van der Waals surface area contributed by atoms with Crippen LogP contribution in [0.15, 0.2) is 0 Å². The van der Waals surface area contributed by atoms with E-state index in [2.05, 4.69) is 6.07 Å². The van der Waals surface area contributed by atoms with E-state index in [4.69, 9.17) is 10.00 Å². The molecule has 1 aliphatic heterocycles. The summed E-state index contributed by atoms with van der Waals surface area (Å²) in [5.74, 6) is -0.0521. The quantitative estimate of drug-likeness (QED) is 0.733.